The van der Waals surface area contributed by atoms with Crippen LogP contribution in [-0.2, 0) is 9.53 Å². The fraction of sp³-hybridized carbons (Fsp3) is 0.281. The Labute approximate surface area is 247 Å². The van der Waals surface area contributed by atoms with Gasteiger partial charge in [-0.15, -0.1) is 0 Å². The van der Waals surface area contributed by atoms with Gasteiger partial charge in [-0.1, -0.05) is 42.5 Å². The third-order valence-electron chi connectivity index (χ3n) is 7.88. The number of benzene rings is 2. The highest BCUT2D eigenvalue weighted by Gasteiger charge is 2.32. The smallest absolute Gasteiger partial charge is 0.269 e. The second-order valence-electron chi connectivity index (χ2n) is 10.9. The summed E-state index contributed by atoms with van der Waals surface area (Å²) in [5, 5.41) is 13.4. The Balaban J connectivity index is 1.24. The summed E-state index contributed by atoms with van der Waals surface area (Å²) >= 11 is 0. The van der Waals surface area contributed by atoms with Crippen molar-refractivity contribution in [2.75, 3.05) is 23.8 Å². The molecule has 1 unspecified atom stereocenters. The van der Waals surface area contributed by atoms with E-state index in [2.05, 4.69) is 31.0 Å². The number of nitrogens with zero attached hydrogens (tertiary/aromatic N) is 4. The Kier molecular flexibility index (Phi) is 7.15. The number of nitrogens with one attached hydrogen (secondary N) is 3. The lowest BCUT2D eigenvalue weighted by atomic mass is 10.0. The van der Waals surface area contributed by atoms with E-state index < -0.39 is 23.8 Å². The van der Waals surface area contributed by atoms with Gasteiger partial charge < -0.3 is 20.7 Å². The first-order chi connectivity index (χ1) is 21.0. The quantitative estimate of drug-likeness (QED) is 0.295. The first-order valence-corrected chi connectivity index (χ1v) is 14.5. The number of fused-ring (bicyclic) bond motifs is 1. The molecule has 1 atom stereocenters. The molecule has 0 spiro atoms. The van der Waals surface area contributed by atoms with Crippen LogP contribution in [0.3, 0.4) is 0 Å². The Bertz CT molecular complexity index is 1690. The van der Waals surface area contributed by atoms with Gasteiger partial charge in [0.25, 0.3) is 11.8 Å². The summed E-state index contributed by atoms with van der Waals surface area (Å²) in [4.78, 5) is 36.5. The number of hydrogen-bond acceptors (Lipinski definition) is 7. The third kappa shape index (κ3) is 5.51. The summed E-state index contributed by atoms with van der Waals surface area (Å²) in [5.74, 6) is -0.995. The van der Waals surface area contributed by atoms with Crippen molar-refractivity contribution in [3.8, 4) is 11.3 Å². The molecule has 2 amide bonds. The summed E-state index contributed by atoms with van der Waals surface area (Å²) in [7, 11) is 0. The number of benzodiazepines with no additional fused rings is 1. The fourth-order valence-corrected chi connectivity index (χ4v) is 5.50. The summed E-state index contributed by atoms with van der Waals surface area (Å²) < 4.78 is 22.3. The first-order valence-electron chi connectivity index (χ1n) is 14.5. The van der Waals surface area contributed by atoms with Crippen LogP contribution in [0.15, 0.2) is 78.0 Å². The summed E-state index contributed by atoms with van der Waals surface area (Å²) in [5.41, 5.74) is 3.13. The van der Waals surface area contributed by atoms with Gasteiger partial charge in [0.2, 0.25) is 6.17 Å². The molecule has 0 bridgehead atoms. The average Bonchev–Trinajstić information content (AvgIpc) is 3.77. The van der Waals surface area contributed by atoms with Gasteiger partial charge in [-0.05, 0) is 43.9 Å². The van der Waals surface area contributed by atoms with Crippen LogP contribution < -0.4 is 16.0 Å². The van der Waals surface area contributed by atoms with Crippen LogP contribution in [0.1, 0.15) is 53.2 Å². The molecule has 0 radical (unpaired) electrons. The van der Waals surface area contributed by atoms with Gasteiger partial charge in [-0.3, -0.25) is 14.3 Å². The highest BCUT2D eigenvalue weighted by atomic mass is 19.1. The SMILES string of the molecule is O=C(NC1N=C(c2ccccc2)c2cccc(F)c2NC1=O)c1cnn(C2CCOCC2)c1-c1ccc(NC2CC2)nc1. The van der Waals surface area contributed by atoms with Crippen LogP contribution in [0.25, 0.3) is 11.3 Å². The van der Waals surface area contributed by atoms with Gasteiger partial charge in [0.1, 0.15) is 11.6 Å². The number of ether oxygens (including phenoxy) is 1. The molecule has 2 aromatic carbocycles. The maximum atomic E-state index is 14.9. The van der Waals surface area contributed by atoms with Crippen molar-refractivity contribution in [2.45, 2.75) is 43.9 Å². The lowest BCUT2D eigenvalue weighted by Gasteiger charge is -2.24. The molecular formula is C32H30FN7O3. The van der Waals surface area contributed by atoms with Crippen molar-refractivity contribution in [3.05, 3.63) is 95.6 Å². The summed E-state index contributed by atoms with van der Waals surface area (Å²) in [6, 6.07) is 18.0. The van der Waals surface area contributed by atoms with Crippen molar-refractivity contribution < 1.29 is 18.7 Å². The molecule has 218 valence electrons. The van der Waals surface area contributed by atoms with Gasteiger partial charge in [-0.25, -0.2) is 14.4 Å². The van der Waals surface area contributed by atoms with Crippen molar-refractivity contribution in [1.82, 2.24) is 20.1 Å². The van der Waals surface area contributed by atoms with Crippen LogP contribution in [0.2, 0.25) is 0 Å². The number of anilines is 2. The molecule has 3 aliphatic rings. The van der Waals surface area contributed by atoms with Crippen LogP contribution in [0, 0.1) is 5.82 Å². The number of hydrogen-bond donors (Lipinski definition) is 3. The van der Waals surface area contributed by atoms with Crippen LogP contribution >= 0.6 is 0 Å². The normalized spacial score (nSPS) is 18.7. The lowest BCUT2D eigenvalue weighted by molar-refractivity contribution is -0.117. The van der Waals surface area contributed by atoms with E-state index >= 15 is 0 Å². The van der Waals surface area contributed by atoms with E-state index in [0.717, 1.165) is 37.1 Å². The number of aliphatic imine (C=N–C) groups is 1. The Morgan fingerprint density at radius 3 is 2.51 bits per heavy atom. The third-order valence-corrected chi connectivity index (χ3v) is 7.88. The average molecular weight is 580 g/mol. The number of halogens is 1. The minimum Gasteiger partial charge on any atom is -0.381 e. The molecule has 11 heteroatoms. The van der Waals surface area contributed by atoms with Gasteiger partial charge in [-0.2, -0.15) is 5.10 Å². The van der Waals surface area contributed by atoms with E-state index in [-0.39, 0.29) is 17.3 Å². The predicted molar refractivity (Wildman–Crippen MR) is 160 cm³/mol. The van der Waals surface area contributed by atoms with Crippen molar-refractivity contribution >= 4 is 29.0 Å². The number of carbonyl (C=O) groups excluding carboxylic acids is 2. The van der Waals surface area contributed by atoms with E-state index in [1.807, 2.05) is 47.1 Å². The highest BCUT2D eigenvalue weighted by Crippen LogP contribution is 2.32. The van der Waals surface area contributed by atoms with Crippen molar-refractivity contribution in [1.29, 1.82) is 0 Å². The monoisotopic (exact) mass is 579 g/mol. The molecular weight excluding hydrogens is 549 g/mol. The van der Waals surface area contributed by atoms with Crippen LogP contribution in [0.4, 0.5) is 15.9 Å². The lowest BCUT2D eigenvalue weighted by Crippen LogP contribution is -2.42. The summed E-state index contributed by atoms with van der Waals surface area (Å²) in [6.45, 7) is 1.20. The van der Waals surface area contributed by atoms with Crippen molar-refractivity contribution in [3.63, 3.8) is 0 Å². The van der Waals surface area contributed by atoms with Gasteiger partial charge in [0, 0.05) is 42.1 Å². The Morgan fingerprint density at radius 2 is 1.77 bits per heavy atom. The second-order valence-corrected chi connectivity index (χ2v) is 10.9. The zero-order chi connectivity index (χ0) is 29.3. The number of amides is 2. The van der Waals surface area contributed by atoms with Crippen LogP contribution in [0.5, 0.6) is 0 Å². The molecule has 2 aromatic heterocycles. The number of rotatable bonds is 7. The van der Waals surface area contributed by atoms with E-state index in [4.69, 9.17) is 4.74 Å². The molecule has 7 rings (SSSR count). The van der Waals surface area contributed by atoms with Crippen LogP contribution in [-0.4, -0.2) is 57.7 Å². The van der Waals surface area contributed by atoms with E-state index in [9.17, 15) is 14.0 Å². The van der Waals surface area contributed by atoms with E-state index in [1.54, 1.807) is 18.3 Å². The molecule has 4 heterocycles. The molecule has 10 nitrogen and oxygen atoms in total. The standard InChI is InChI=1S/C32H30FN7O3/c33-25-8-4-7-23-27(19-5-2-1-3-6-19)37-30(32(42)38-28(23)25)39-31(41)24-18-35-40(22-13-15-43-16-14-22)29(24)20-9-12-26(34-17-20)36-21-10-11-21/h1-9,12,17-18,21-22,30H,10-11,13-16H2,(H,34,36)(H,38,42)(H,39,41). The van der Waals surface area contributed by atoms with Crippen molar-refractivity contribution in [2.24, 2.45) is 4.99 Å². The highest BCUT2D eigenvalue weighted by molar-refractivity contribution is 6.20. The van der Waals surface area contributed by atoms with E-state index in [0.29, 0.717) is 41.8 Å². The summed E-state index contributed by atoms with van der Waals surface area (Å²) in [6.07, 6.45) is 5.70. The molecule has 3 N–H and O–H groups in total. The molecule has 1 saturated carbocycles. The number of carbonyl (C=O) groups is 2. The van der Waals surface area contributed by atoms with Gasteiger partial charge in [0.05, 0.1) is 34.9 Å². The predicted octanol–water partition coefficient (Wildman–Crippen LogP) is 4.56. The number of aromatic nitrogens is 3. The topological polar surface area (TPSA) is 123 Å². The number of para-hydroxylation sites is 1. The molecule has 1 saturated heterocycles. The zero-order valence-corrected chi connectivity index (χ0v) is 23.3. The van der Waals surface area contributed by atoms with E-state index in [1.165, 1.54) is 12.3 Å². The van der Waals surface area contributed by atoms with Gasteiger partial charge in [0.15, 0.2) is 0 Å². The maximum Gasteiger partial charge on any atom is 0.269 e. The minimum atomic E-state index is -1.32. The molecule has 2 aliphatic heterocycles. The largest absolute Gasteiger partial charge is 0.381 e. The molecule has 43 heavy (non-hydrogen) atoms. The molecule has 2 fully saturated rings. The Morgan fingerprint density at radius 1 is 0.953 bits per heavy atom. The second kappa shape index (κ2) is 11.4. The van der Waals surface area contributed by atoms with Gasteiger partial charge >= 0.3 is 0 Å². The maximum absolute atomic E-state index is 14.9. The minimum absolute atomic E-state index is 0.0193. The molecule has 4 aromatic rings. The fourth-order valence-electron chi connectivity index (χ4n) is 5.50. The zero-order valence-electron chi connectivity index (χ0n) is 23.3. The first kappa shape index (κ1) is 27.0. The Hall–Kier alpha value is -4.90. The number of pyridine rings is 1. The molecule has 1 aliphatic carbocycles.